The highest BCUT2D eigenvalue weighted by Gasteiger charge is 2.29. The fourth-order valence-electron chi connectivity index (χ4n) is 2.97. The number of imidazole rings is 1. The number of benzene rings is 2. The van der Waals surface area contributed by atoms with Crippen LogP contribution in [0.2, 0.25) is 5.02 Å². The van der Waals surface area contributed by atoms with Crippen molar-refractivity contribution in [1.82, 2.24) is 9.55 Å². The molecule has 1 aliphatic rings. The molecule has 0 bridgehead atoms. The molecule has 2 aromatic carbocycles. The van der Waals surface area contributed by atoms with Crippen LogP contribution in [-0.2, 0) is 4.79 Å². The minimum Gasteiger partial charge on any atom is -0.478 e. The van der Waals surface area contributed by atoms with Crippen LogP contribution in [0.5, 0.6) is 0 Å². The number of nitrogens with zero attached hydrogens (tertiary/aromatic N) is 2. The van der Waals surface area contributed by atoms with E-state index in [1.807, 2.05) is 16.7 Å². The summed E-state index contributed by atoms with van der Waals surface area (Å²) in [4.78, 5) is 27.6. The highest BCUT2D eigenvalue weighted by molar-refractivity contribution is 8.00. The van der Waals surface area contributed by atoms with E-state index >= 15 is 0 Å². The van der Waals surface area contributed by atoms with E-state index in [2.05, 4.69) is 10.3 Å². The summed E-state index contributed by atoms with van der Waals surface area (Å²) in [6.45, 7) is 0. The van der Waals surface area contributed by atoms with Crippen LogP contribution in [0.1, 0.15) is 26.9 Å². The van der Waals surface area contributed by atoms with Gasteiger partial charge >= 0.3 is 5.97 Å². The van der Waals surface area contributed by atoms with Gasteiger partial charge in [0.1, 0.15) is 6.33 Å². The second kappa shape index (κ2) is 7.09. The zero-order valence-electron chi connectivity index (χ0n) is 13.9. The van der Waals surface area contributed by atoms with E-state index in [9.17, 15) is 9.59 Å². The molecule has 1 aliphatic heterocycles. The summed E-state index contributed by atoms with van der Waals surface area (Å²) in [6, 6.07) is 14.0. The van der Waals surface area contributed by atoms with Gasteiger partial charge in [-0.1, -0.05) is 23.7 Å². The SMILES string of the molecule is O=C1CS[C@H](c2ccc(C(=O)O)cc2)c2c(ncn2-c2ccc(Cl)cc2)N1. The van der Waals surface area contributed by atoms with Crippen LogP contribution in [0, 0.1) is 0 Å². The lowest BCUT2D eigenvalue weighted by atomic mass is 10.1. The van der Waals surface area contributed by atoms with E-state index in [4.69, 9.17) is 16.7 Å². The predicted molar refractivity (Wildman–Crippen MR) is 105 cm³/mol. The Morgan fingerprint density at radius 1 is 1.19 bits per heavy atom. The summed E-state index contributed by atoms with van der Waals surface area (Å²) >= 11 is 7.47. The molecule has 2 N–H and O–H groups in total. The number of thioether (sulfide) groups is 1. The van der Waals surface area contributed by atoms with Gasteiger partial charge in [-0.3, -0.25) is 9.36 Å². The lowest BCUT2D eigenvalue weighted by Crippen LogP contribution is -2.12. The molecule has 1 atom stereocenters. The van der Waals surface area contributed by atoms with Crippen molar-refractivity contribution in [3.8, 4) is 5.69 Å². The molecule has 4 rings (SSSR count). The number of rotatable bonds is 3. The van der Waals surface area contributed by atoms with Crippen molar-refractivity contribution in [1.29, 1.82) is 0 Å². The molecule has 0 unspecified atom stereocenters. The average molecular weight is 400 g/mol. The highest BCUT2D eigenvalue weighted by atomic mass is 35.5. The van der Waals surface area contributed by atoms with Crippen LogP contribution < -0.4 is 5.32 Å². The lowest BCUT2D eigenvalue weighted by molar-refractivity contribution is -0.113. The third-order valence-electron chi connectivity index (χ3n) is 4.26. The summed E-state index contributed by atoms with van der Waals surface area (Å²) in [5.74, 6) is -0.305. The summed E-state index contributed by atoms with van der Waals surface area (Å²) in [5.41, 5.74) is 2.82. The Labute approximate surface area is 164 Å². The van der Waals surface area contributed by atoms with Crippen molar-refractivity contribution in [2.24, 2.45) is 0 Å². The van der Waals surface area contributed by atoms with Crippen molar-refractivity contribution < 1.29 is 14.7 Å². The fourth-order valence-corrected chi connectivity index (χ4v) is 4.22. The summed E-state index contributed by atoms with van der Waals surface area (Å²) < 4.78 is 1.92. The van der Waals surface area contributed by atoms with Gasteiger partial charge in [0.2, 0.25) is 5.91 Å². The van der Waals surface area contributed by atoms with Gasteiger partial charge in [-0.2, -0.15) is 0 Å². The first-order valence-corrected chi connectivity index (χ1v) is 9.53. The quantitative estimate of drug-likeness (QED) is 0.695. The minimum atomic E-state index is -0.973. The number of fused-ring (bicyclic) bond motifs is 1. The van der Waals surface area contributed by atoms with E-state index in [1.165, 1.54) is 11.8 Å². The van der Waals surface area contributed by atoms with E-state index in [-0.39, 0.29) is 22.5 Å². The number of carbonyl (C=O) groups excluding carboxylic acids is 1. The van der Waals surface area contributed by atoms with Gasteiger partial charge in [0.15, 0.2) is 5.82 Å². The monoisotopic (exact) mass is 399 g/mol. The van der Waals surface area contributed by atoms with Crippen LogP contribution in [0.25, 0.3) is 5.69 Å². The number of aromatic nitrogens is 2. The van der Waals surface area contributed by atoms with E-state index in [1.54, 1.807) is 42.7 Å². The second-order valence-corrected chi connectivity index (χ2v) is 7.52. The molecule has 0 radical (unpaired) electrons. The number of carboxylic acid groups (broad SMARTS) is 1. The highest BCUT2D eigenvalue weighted by Crippen LogP contribution is 2.42. The molecule has 6 nitrogen and oxygen atoms in total. The molecule has 0 saturated carbocycles. The van der Waals surface area contributed by atoms with Crippen LogP contribution in [-0.4, -0.2) is 32.3 Å². The standard InChI is InChI=1S/C19H14ClN3O3S/c20-13-5-7-14(8-6-13)23-10-21-18-16(23)17(27-9-15(24)22-18)11-1-3-12(4-2-11)19(25)26/h1-8,10,17H,9H2,(H,22,24)(H,25,26)/t17-/m1/s1. The third-order valence-corrected chi connectivity index (χ3v) is 5.77. The van der Waals surface area contributed by atoms with Crippen LogP contribution in [0.3, 0.4) is 0 Å². The normalized spacial score (nSPS) is 16.3. The van der Waals surface area contributed by atoms with Crippen molar-refractivity contribution in [3.63, 3.8) is 0 Å². The van der Waals surface area contributed by atoms with Gasteiger partial charge in [0.25, 0.3) is 0 Å². The van der Waals surface area contributed by atoms with E-state index in [0.29, 0.717) is 10.8 Å². The maximum atomic E-state index is 12.1. The first kappa shape index (κ1) is 17.6. The van der Waals surface area contributed by atoms with Crippen LogP contribution in [0.15, 0.2) is 54.9 Å². The molecule has 0 aliphatic carbocycles. The zero-order valence-corrected chi connectivity index (χ0v) is 15.5. The smallest absolute Gasteiger partial charge is 0.335 e. The molecular weight excluding hydrogens is 386 g/mol. The van der Waals surface area contributed by atoms with Crippen molar-refractivity contribution in [3.05, 3.63) is 76.7 Å². The molecule has 1 aromatic heterocycles. The molecule has 3 aromatic rings. The van der Waals surface area contributed by atoms with Gasteiger partial charge in [0.05, 0.1) is 22.3 Å². The molecule has 8 heteroatoms. The van der Waals surface area contributed by atoms with Gasteiger partial charge in [-0.15, -0.1) is 11.8 Å². The van der Waals surface area contributed by atoms with Gasteiger partial charge in [-0.25, -0.2) is 9.78 Å². The zero-order chi connectivity index (χ0) is 19.0. The Bertz CT molecular complexity index is 1020. The van der Waals surface area contributed by atoms with E-state index < -0.39 is 5.97 Å². The minimum absolute atomic E-state index is 0.118. The summed E-state index contributed by atoms with van der Waals surface area (Å²) in [5, 5.41) is 12.4. The molecular formula is C19H14ClN3O3S. The fraction of sp³-hybridized carbons (Fsp3) is 0.105. The first-order valence-electron chi connectivity index (χ1n) is 8.11. The molecule has 27 heavy (non-hydrogen) atoms. The summed E-state index contributed by atoms with van der Waals surface area (Å²) in [6.07, 6.45) is 1.67. The molecule has 0 spiro atoms. The van der Waals surface area contributed by atoms with Crippen molar-refractivity contribution in [2.75, 3.05) is 11.1 Å². The second-order valence-electron chi connectivity index (χ2n) is 5.99. The Hall–Kier alpha value is -2.77. The predicted octanol–water partition coefficient (Wildman–Crippen LogP) is 4.00. The number of nitrogens with one attached hydrogen (secondary N) is 1. The largest absolute Gasteiger partial charge is 0.478 e. The number of aromatic carboxylic acids is 1. The topological polar surface area (TPSA) is 84.2 Å². The first-order chi connectivity index (χ1) is 13.0. The molecule has 0 fully saturated rings. The number of anilines is 1. The van der Waals surface area contributed by atoms with E-state index in [0.717, 1.165) is 16.9 Å². The number of hydrogen-bond acceptors (Lipinski definition) is 4. The Balaban J connectivity index is 1.82. The van der Waals surface area contributed by atoms with Crippen LogP contribution in [0.4, 0.5) is 5.82 Å². The number of carboxylic acids is 1. The van der Waals surface area contributed by atoms with Crippen LogP contribution >= 0.6 is 23.4 Å². The number of halogens is 1. The molecule has 0 saturated heterocycles. The maximum absolute atomic E-state index is 12.1. The molecule has 1 amide bonds. The average Bonchev–Trinajstić information content (AvgIpc) is 2.98. The Morgan fingerprint density at radius 3 is 2.56 bits per heavy atom. The van der Waals surface area contributed by atoms with Crippen molar-refractivity contribution >= 4 is 41.1 Å². The maximum Gasteiger partial charge on any atom is 0.335 e. The Morgan fingerprint density at radius 2 is 1.89 bits per heavy atom. The summed E-state index contributed by atoms with van der Waals surface area (Å²) in [7, 11) is 0. The molecule has 136 valence electrons. The third kappa shape index (κ3) is 3.43. The number of amides is 1. The number of carbonyl (C=O) groups is 2. The lowest BCUT2D eigenvalue weighted by Gasteiger charge is -2.18. The number of hydrogen-bond donors (Lipinski definition) is 2. The Kier molecular flexibility index (Phi) is 4.63. The van der Waals surface area contributed by atoms with Gasteiger partial charge in [-0.05, 0) is 42.0 Å². The molecule has 2 heterocycles. The van der Waals surface area contributed by atoms with Gasteiger partial charge in [0, 0.05) is 10.7 Å². The van der Waals surface area contributed by atoms with Gasteiger partial charge < -0.3 is 10.4 Å². The van der Waals surface area contributed by atoms with Crippen molar-refractivity contribution in [2.45, 2.75) is 5.25 Å².